The normalized spacial score (nSPS) is 19.6. The van der Waals surface area contributed by atoms with Crippen molar-refractivity contribution in [3.8, 4) is 6.07 Å². The zero-order valence-corrected chi connectivity index (χ0v) is 10.8. The number of carbonyl (C=O) groups is 2. The van der Waals surface area contributed by atoms with E-state index in [0.717, 1.165) is 25.7 Å². The Bertz CT molecular complexity index is 343. The highest BCUT2D eigenvalue weighted by molar-refractivity contribution is 5.87. The van der Waals surface area contributed by atoms with Crippen molar-refractivity contribution in [2.75, 3.05) is 0 Å². The lowest BCUT2D eigenvalue weighted by molar-refractivity contribution is -0.130. The average Bonchev–Trinajstić information content (AvgIpc) is 2.38. The zero-order valence-electron chi connectivity index (χ0n) is 10.8. The van der Waals surface area contributed by atoms with Gasteiger partial charge >= 0.3 is 0 Å². The number of nitriles is 1. The molecule has 0 saturated heterocycles. The van der Waals surface area contributed by atoms with Crippen LogP contribution < -0.4 is 11.1 Å². The fourth-order valence-electron chi connectivity index (χ4n) is 2.31. The van der Waals surface area contributed by atoms with E-state index in [9.17, 15) is 9.59 Å². The largest absolute Gasteiger partial charge is 0.368 e. The second kappa shape index (κ2) is 7.00. The summed E-state index contributed by atoms with van der Waals surface area (Å²) in [6.45, 7) is 1.71. The van der Waals surface area contributed by atoms with E-state index in [1.54, 1.807) is 6.92 Å². The smallest absolute Gasteiger partial charge is 0.240 e. The summed E-state index contributed by atoms with van der Waals surface area (Å²) in [6, 6.07) is 1.32. The molecule has 5 nitrogen and oxygen atoms in total. The number of carbonyl (C=O) groups excluding carboxylic acids is 2. The fourth-order valence-corrected chi connectivity index (χ4v) is 2.31. The van der Waals surface area contributed by atoms with Gasteiger partial charge in [-0.3, -0.25) is 9.59 Å². The number of nitrogens with two attached hydrogens (primary N) is 1. The van der Waals surface area contributed by atoms with Crippen molar-refractivity contribution in [2.24, 2.45) is 17.6 Å². The second-order valence-corrected chi connectivity index (χ2v) is 5.06. The minimum atomic E-state index is -0.728. The summed E-state index contributed by atoms with van der Waals surface area (Å²) in [5.74, 6) is -0.961. The minimum Gasteiger partial charge on any atom is -0.368 e. The molecule has 2 amide bonds. The molecular weight excluding hydrogens is 230 g/mol. The summed E-state index contributed by atoms with van der Waals surface area (Å²) < 4.78 is 0. The van der Waals surface area contributed by atoms with Gasteiger partial charge in [0.1, 0.15) is 6.04 Å². The maximum atomic E-state index is 12.0. The van der Waals surface area contributed by atoms with E-state index in [2.05, 4.69) is 5.32 Å². The van der Waals surface area contributed by atoms with Gasteiger partial charge in [0.15, 0.2) is 0 Å². The summed E-state index contributed by atoms with van der Waals surface area (Å²) in [5, 5.41) is 11.4. The molecule has 0 spiro atoms. The first-order valence-electron chi connectivity index (χ1n) is 6.54. The Labute approximate surface area is 108 Å². The standard InChI is InChI=1S/C13H21N3O2/c1-9(8-14)7-11(12(15)17)16-13(18)10-5-3-2-4-6-10/h9-11H,2-7H2,1H3,(H2,15,17)(H,16,18)/t9-,11-/m1/s1. The Balaban J connectivity index is 2.52. The van der Waals surface area contributed by atoms with Crippen LogP contribution in [0.5, 0.6) is 0 Å². The lowest BCUT2D eigenvalue weighted by Gasteiger charge is -2.24. The van der Waals surface area contributed by atoms with Gasteiger partial charge in [-0.2, -0.15) is 5.26 Å². The van der Waals surface area contributed by atoms with E-state index >= 15 is 0 Å². The van der Waals surface area contributed by atoms with E-state index in [-0.39, 0.29) is 24.2 Å². The van der Waals surface area contributed by atoms with Crippen molar-refractivity contribution >= 4 is 11.8 Å². The molecule has 1 fully saturated rings. The topological polar surface area (TPSA) is 96.0 Å². The molecule has 100 valence electrons. The van der Waals surface area contributed by atoms with Gasteiger partial charge in [-0.1, -0.05) is 19.3 Å². The minimum absolute atomic E-state index is 0.00186. The molecular formula is C13H21N3O2. The van der Waals surface area contributed by atoms with E-state index in [0.29, 0.717) is 0 Å². The molecule has 0 heterocycles. The van der Waals surface area contributed by atoms with Crippen LogP contribution in [0.15, 0.2) is 0 Å². The van der Waals surface area contributed by atoms with Crippen LogP contribution in [0.3, 0.4) is 0 Å². The van der Waals surface area contributed by atoms with Crippen molar-refractivity contribution in [3.05, 3.63) is 0 Å². The molecule has 0 unspecified atom stereocenters. The number of primary amides is 1. The Morgan fingerprint density at radius 2 is 2.00 bits per heavy atom. The number of amides is 2. The summed E-state index contributed by atoms with van der Waals surface area (Å²) in [7, 11) is 0. The third kappa shape index (κ3) is 4.36. The zero-order chi connectivity index (χ0) is 13.5. The van der Waals surface area contributed by atoms with E-state index in [1.807, 2.05) is 6.07 Å². The second-order valence-electron chi connectivity index (χ2n) is 5.06. The van der Waals surface area contributed by atoms with Crippen LogP contribution in [0.4, 0.5) is 0 Å². The highest BCUT2D eigenvalue weighted by Gasteiger charge is 2.26. The Kier molecular flexibility index (Phi) is 5.63. The van der Waals surface area contributed by atoms with Crippen molar-refractivity contribution in [2.45, 2.75) is 51.5 Å². The average molecular weight is 251 g/mol. The van der Waals surface area contributed by atoms with Crippen LogP contribution >= 0.6 is 0 Å². The summed E-state index contributed by atoms with van der Waals surface area (Å²) in [5.41, 5.74) is 5.25. The van der Waals surface area contributed by atoms with Crippen molar-refractivity contribution in [1.82, 2.24) is 5.32 Å². The Morgan fingerprint density at radius 3 is 2.50 bits per heavy atom. The summed E-state index contributed by atoms with van der Waals surface area (Å²) >= 11 is 0. The van der Waals surface area contributed by atoms with Gasteiger partial charge in [-0.05, 0) is 26.2 Å². The van der Waals surface area contributed by atoms with E-state index < -0.39 is 11.9 Å². The molecule has 1 aliphatic carbocycles. The van der Waals surface area contributed by atoms with Gasteiger partial charge in [0.05, 0.1) is 6.07 Å². The third-order valence-corrected chi connectivity index (χ3v) is 3.45. The number of nitrogens with zero attached hydrogens (tertiary/aromatic N) is 1. The van der Waals surface area contributed by atoms with Crippen LogP contribution in [-0.2, 0) is 9.59 Å². The van der Waals surface area contributed by atoms with Gasteiger partial charge in [0.25, 0.3) is 0 Å². The van der Waals surface area contributed by atoms with Crippen molar-refractivity contribution in [3.63, 3.8) is 0 Å². The first-order valence-corrected chi connectivity index (χ1v) is 6.54. The number of nitrogens with one attached hydrogen (secondary N) is 1. The molecule has 0 radical (unpaired) electrons. The van der Waals surface area contributed by atoms with Gasteiger partial charge in [0, 0.05) is 11.8 Å². The predicted molar refractivity (Wildman–Crippen MR) is 67.1 cm³/mol. The maximum Gasteiger partial charge on any atom is 0.240 e. The lowest BCUT2D eigenvalue weighted by atomic mass is 9.88. The molecule has 5 heteroatoms. The monoisotopic (exact) mass is 251 g/mol. The molecule has 0 aromatic heterocycles. The fraction of sp³-hybridized carbons (Fsp3) is 0.769. The van der Waals surface area contributed by atoms with E-state index in [4.69, 9.17) is 11.0 Å². The van der Waals surface area contributed by atoms with E-state index in [1.165, 1.54) is 6.42 Å². The quantitative estimate of drug-likeness (QED) is 0.765. The number of hydrogen-bond donors (Lipinski definition) is 2. The molecule has 1 rings (SSSR count). The van der Waals surface area contributed by atoms with Gasteiger partial charge < -0.3 is 11.1 Å². The molecule has 3 N–H and O–H groups in total. The Hall–Kier alpha value is -1.57. The van der Waals surface area contributed by atoms with Crippen LogP contribution in [0.2, 0.25) is 0 Å². The first-order chi connectivity index (χ1) is 8.54. The predicted octanol–water partition coefficient (Wildman–Crippen LogP) is 1.09. The van der Waals surface area contributed by atoms with Gasteiger partial charge in [-0.25, -0.2) is 0 Å². The molecule has 0 bridgehead atoms. The van der Waals surface area contributed by atoms with Crippen LogP contribution in [0.1, 0.15) is 45.4 Å². The van der Waals surface area contributed by atoms with Crippen molar-refractivity contribution < 1.29 is 9.59 Å². The van der Waals surface area contributed by atoms with Crippen LogP contribution in [0, 0.1) is 23.2 Å². The highest BCUT2D eigenvalue weighted by Crippen LogP contribution is 2.23. The molecule has 1 aliphatic rings. The van der Waals surface area contributed by atoms with Crippen LogP contribution in [-0.4, -0.2) is 17.9 Å². The number of hydrogen-bond acceptors (Lipinski definition) is 3. The first kappa shape index (κ1) is 14.5. The molecule has 0 aliphatic heterocycles. The molecule has 0 aromatic carbocycles. The highest BCUT2D eigenvalue weighted by atomic mass is 16.2. The van der Waals surface area contributed by atoms with Gasteiger partial charge in [-0.15, -0.1) is 0 Å². The summed E-state index contributed by atoms with van der Waals surface area (Å²) in [4.78, 5) is 23.2. The third-order valence-electron chi connectivity index (χ3n) is 3.45. The van der Waals surface area contributed by atoms with Crippen molar-refractivity contribution in [1.29, 1.82) is 5.26 Å². The summed E-state index contributed by atoms with van der Waals surface area (Å²) in [6.07, 6.45) is 5.34. The molecule has 18 heavy (non-hydrogen) atoms. The lowest BCUT2D eigenvalue weighted by Crippen LogP contribution is -2.47. The maximum absolute atomic E-state index is 12.0. The van der Waals surface area contributed by atoms with Gasteiger partial charge in [0.2, 0.25) is 11.8 Å². The van der Waals surface area contributed by atoms with Crippen LogP contribution in [0.25, 0.3) is 0 Å². The SMILES string of the molecule is C[C@@H](C#N)C[C@@H](NC(=O)C1CCCCC1)C(N)=O. The molecule has 2 atom stereocenters. The number of rotatable bonds is 5. The Morgan fingerprint density at radius 1 is 1.39 bits per heavy atom. The molecule has 1 saturated carbocycles. The molecule has 0 aromatic rings.